The van der Waals surface area contributed by atoms with Gasteiger partial charge in [-0.15, -0.1) is 0 Å². The summed E-state index contributed by atoms with van der Waals surface area (Å²) in [5.41, 5.74) is 1.20. The maximum absolute atomic E-state index is 12.1. The second kappa shape index (κ2) is 5.09. The van der Waals surface area contributed by atoms with Crippen molar-refractivity contribution in [3.05, 3.63) is 42.5 Å². The van der Waals surface area contributed by atoms with Crippen LogP contribution in [-0.2, 0) is 0 Å². The molecule has 0 atom stereocenters. The smallest absolute Gasteiger partial charge is 0.291 e. The van der Waals surface area contributed by atoms with Gasteiger partial charge in [0.1, 0.15) is 6.33 Å². The summed E-state index contributed by atoms with van der Waals surface area (Å²) < 4.78 is 0. The van der Waals surface area contributed by atoms with Gasteiger partial charge < -0.3 is 9.80 Å². The summed E-state index contributed by atoms with van der Waals surface area (Å²) in [6.45, 7) is 3.08. The van der Waals surface area contributed by atoms with E-state index in [-0.39, 0.29) is 5.91 Å². The zero-order valence-electron chi connectivity index (χ0n) is 10.5. The molecule has 0 spiro atoms. The van der Waals surface area contributed by atoms with Gasteiger partial charge in [0.05, 0.1) is 0 Å². The zero-order chi connectivity index (χ0) is 13.1. The van der Waals surface area contributed by atoms with Gasteiger partial charge >= 0.3 is 0 Å². The molecule has 0 saturated carbocycles. The fraction of sp³-hybridized carbons (Fsp3) is 0.308. The average molecular weight is 257 g/mol. The molecule has 1 N–H and O–H groups in total. The van der Waals surface area contributed by atoms with Crippen LogP contribution in [0, 0.1) is 0 Å². The number of aromatic nitrogens is 3. The molecule has 1 aliphatic heterocycles. The van der Waals surface area contributed by atoms with Gasteiger partial charge in [0, 0.05) is 31.9 Å². The van der Waals surface area contributed by atoms with E-state index in [1.165, 1.54) is 12.0 Å². The van der Waals surface area contributed by atoms with Crippen LogP contribution in [0.2, 0.25) is 0 Å². The highest BCUT2D eigenvalue weighted by atomic mass is 16.2. The Labute approximate surface area is 111 Å². The topological polar surface area (TPSA) is 65.1 Å². The van der Waals surface area contributed by atoms with Crippen molar-refractivity contribution in [2.45, 2.75) is 0 Å². The van der Waals surface area contributed by atoms with Gasteiger partial charge in [-0.3, -0.25) is 9.89 Å². The molecule has 1 amide bonds. The number of nitrogens with zero attached hydrogens (tertiary/aromatic N) is 4. The quantitative estimate of drug-likeness (QED) is 0.863. The van der Waals surface area contributed by atoms with Gasteiger partial charge in [0.2, 0.25) is 5.82 Å². The van der Waals surface area contributed by atoms with E-state index in [2.05, 4.69) is 32.2 Å². The normalized spacial score (nSPS) is 15.6. The maximum atomic E-state index is 12.1. The predicted molar refractivity (Wildman–Crippen MR) is 70.9 cm³/mol. The van der Waals surface area contributed by atoms with Gasteiger partial charge in [-0.2, -0.15) is 5.10 Å². The monoisotopic (exact) mass is 257 g/mol. The van der Waals surface area contributed by atoms with E-state index in [1.54, 1.807) is 4.90 Å². The summed E-state index contributed by atoms with van der Waals surface area (Å²) in [5, 5.41) is 6.32. The van der Waals surface area contributed by atoms with Crippen molar-refractivity contribution >= 4 is 11.6 Å². The summed E-state index contributed by atoms with van der Waals surface area (Å²) in [4.78, 5) is 20.1. The number of carbonyl (C=O) groups excluding carboxylic acids is 1. The average Bonchev–Trinajstić information content (AvgIpc) is 3.02. The first-order valence-corrected chi connectivity index (χ1v) is 6.29. The Balaban J connectivity index is 1.62. The van der Waals surface area contributed by atoms with Gasteiger partial charge in [-0.1, -0.05) is 18.2 Å². The van der Waals surface area contributed by atoms with E-state index < -0.39 is 0 Å². The number of aromatic amines is 1. The van der Waals surface area contributed by atoms with Crippen molar-refractivity contribution in [3.63, 3.8) is 0 Å². The number of H-pyrrole nitrogens is 1. The highest BCUT2D eigenvalue weighted by molar-refractivity contribution is 5.90. The molecular formula is C13H15N5O. The second-order valence-electron chi connectivity index (χ2n) is 4.45. The van der Waals surface area contributed by atoms with E-state index in [0.717, 1.165) is 13.1 Å². The fourth-order valence-electron chi connectivity index (χ4n) is 2.26. The Kier molecular flexibility index (Phi) is 3.14. The molecular weight excluding hydrogens is 242 g/mol. The Morgan fingerprint density at radius 2 is 1.84 bits per heavy atom. The molecule has 1 aliphatic rings. The van der Waals surface area contributed by atoms with E-state index in [4.69, 9.17) is 0 Å². The van der Waals surface area contributed by atoms with Crippen LogP contribution in [0.4, 0.5) is 5.69 Å². The molecule has 19 heavy (non-hydrogen) atoms. The van der Waals surface area contributed by atoms with Crippen molar-refractivity contribution in [2.75, 3.05) is 31.1 Å². The molecule has 0 unspecified atom stereocenters. The predicted octanol–water partition coefficient (Wildman–Crippen LogP) is 0.767. The second-order valence-corrected chi connectivity index (χ2v) is 4.45. The number of benzene rings is 1. The number of piperazine rings is 1. The van der Waals surface area contributed by atoms with Crippen LogP contribution >= 0.6 is 0 Å². The van der Waals surface area contributed by atoms with Gasteiger partial charge in [0.25, 0.3) is 5.91 Å². The molecule has 0 aliphatic carbocycles. The number of amides is 1. The first-order valence-electron chi connectivity index (χ1n) is 6.29. The molecule has 98 valence electrons. The van der Waals surface area contributed by atoms with Crippen molar-refractivity contribution < 1.29 is 4.79 Å². The third kappa shape index (κ3) is 2.42. The number of hydrogen-bond donors (Lipinski definition) is 1. The van der Waals surface area contributed by atoms with E-state index in [0.29, 0.717) is 18.9 Å². The summed E-state index contributed by atoms with van der Waals surface area (Å²) in [7, 11) is 0. The lowest BCUT2D eigenvalue weighted by Crippen LogP contribution is -2.49. The standard InChI is InChI=1S/C13H15N5O/c19-13(12-14-10-15-16-12)18-8-6-17(7-9-18)11-4-2-1-3-5-11/h1-5,10H,6-9H2,(H,14,15,16). The first kappa shape index (κ1) is 11.7. The molecule has 0 bridgehead atoms. The molecule has 2 aromatic rings. The number of nitrogens with one attached hydrogen (secondary N) is 1. The lowest BCUT2D eigenvalue weighted by molar-refractivity contribution is 0.0735. The lowest BCUT2D eigenvalue weighted by Gasteiger charge is -2.35. The minimum absolute atomic E-state index is 0.0785. The maximum Gasteiger partial charge on any atom is 0.291 e. The molecule has 1 aromatic heterocycles. The van der Waals surface area contributed by atoms with Crippen LogP contribution in [0.3, 0.4) is 0 Å². The summed E-state index contributed by atoms with van der Waals surface area (Å²) in [6.07, 6.45) is 1.35. The van der Waals surface area contributed by atoms with Crippen LogP contribution in [-0.4, -0.2) is 52.2 Å². The molecule has 1 aromatic carbocycles. The van der Waals surface area contributed by atoms with E-state index in [1.807, 2.05) is 18.2 Å². The highest BCUT2D eigenvalue weighted by Gasteiger charge is 2.23. The minimum Gasteiger partial charge on any atom is -0.368 e. The van der Waals surface area contributed by atoms with Gasteiger partial charge in [-0.05, 0) is 12.1 Å². The summed E-state index contributed by atoms with van der Waals surface area (Å²) >= 11 is 0. The fourth-order valence-corrected chi connectivity index (χ4v) is 2.26. The molecule has 3 rings (SSSR count). The molecule has 1 fully saturated rings. The highest BCUT2D eigenvalue weighted by Crippen LogP contribution is 2.16. The van der Waals surface area contributed by atoms with Crippen molar-refractivity contribution in [3.8, 4) is 0 Å². The molecule has 0 radical (unpaired) electrons. The van der Waals surface area contributed by atoms with Crippen molar-refractivity contribution in [1.82, 2.24) is 20.1 Å². The summed E-state index contributed by atoms with van der Waals surface area (Å²) in [5.74, 6) is 0.235. The van der Waals surface area contributed by atoms with Crippen molar-refractivity contribution in [2.24, 2.45) is 0 Å². The minimum atomic E-state index is -0.0785. The Bertz CT molecular complexity index is 531. The Hall–Kier alpha value is -2.37. The number of hydrogen-bond acceptors (Lipinski definition) is 4. The van der Waals surface area contributed by atoms with E-state index in [9.17, 15) is 4.79 Å². The molecule has 6 heteroatoms. The third-order valence-corrected chi connectivity index (χ3v) is 3.31. The molecule has 2 heterocycles. The van der Waals surface area contributed by atoms with Crippen LogP contribution in [0.15, 0.2) is 36.7 Å². The third-order valence-electron chi connectivity index (χ3n) is 3.31. The molecule has 1 saturated heterocycles. The van der Waals surface area contributed by atoms with Crippen molar-refractivity contribution in [1.29, 1.82) is 0 Å². The van der Waals surface area contributed by atoms with Crippen LogP contribution in [0.25, 0.3) is 0 Å². The lowest BCUT2D eigenvalue weighted by atomic mass is 10.2. The first-order chi connectivity index (χ1) is 9.34. The van der Waals surface area contributed by atoms with Crippen LogP contribution in [0.1, 0.15) is 10.6 Å². The zero-order valence-corrected chi connectivity index (χ0v) is 10.5. The SMILES string of the molecule is O=C(c1ncn[nH]1)N1CCN(c2ccccc2)CC1. The number of carbonyl (C=O) groups is 1. The largest absolute Gasteiger partial charge is 0.368 e. The number of anilines is 1. The number of para-hydroxylation sites is 1. The van der Waals surface area contributed by atoms with Gasteiger partial charge in [0.15, 0.2) is 0 Å². The van der Waals surface area contributed by atoms with Crippen LogP contribution < -0.4 is 4.90 Å². The van der Waals surface area contributed by atoms with E-state index >= 15 is 0 Å². The number of rotatable bonds is 2. The summed E-state index contributed by atoms with van der Waals surface area (Å²) in [6, 6.07) is 10.2. The Morgan fingerprint density at radius 1 is 1.11 bits per heavy atom. The van der Waals surface area contributed by atoms with Gasteiger partial charge in [-0.25, -0.2) is 4.98 Å². The van der Waals surface area contributed by atoms with Crippen LogP contribution in [0.5, 0.6) is 0 Å². The molecule has 6 nitrogen and oxygen atoms in total. The Morgan fingerprint density at radius 3 is 2.47 bits per heavy atom.